The number of carbonyl (C=O) groups excluding carboxylic acids is 1. The zero-order chi connectivity index (χ0) is 27.7. The fourth-order valence-electron chi connectivity index (χ4n) is 5.02. The molecule has 8 nitrogen and oxygen atoms in total. The van der Waals surface area contributed by atoms with Crippen molar-refractivity contribution in [3.63, 3.8) is 0 Å². The monoisotopic (exact) mass is 557 g/mol. The van der Waals surface area contributed by atoms with Crippen LogP contribution in [0.5, 0.6) is 5.75 Å². The number of hydrogen-bond donors (Lipinski definition) is 1. The molecular formula is C30H43N3O5S. The highest BCUT2D eigenvalue weighted by Crippen LogP contribution is 2.25. The van der Waals surface area contributed by atoms with Gasteiger partial charge in [0.05, 0.1) is 19.0 Å². The van der Waals surface area contributed by atoms with Crippen LogP contribution < -0.4 is 10.1 Å². The van der Waals surface area contributed by atoms with Crippen molar-refractivity contribution in [2.45, 2.75) is 46.1 Å². The first kappa shape index (κ1) is 29.5. The first-order chi connectivity index (χ1) is 18.8. The zero-order valence-electron chi connectivity index (χ0n) is 23.4. The van der Waals surface area contributed by atoms with Crippen molar-refractivity contribution >= 4 is 15.9 Å². The first-order valence-electron chi connectivity index (χ1n) is 14.2. The average molecular weight is 558 g/mol. The summed E-state index contributed by atoms with van der Waals surface area (Å²) in [5.41, 5.74) is 3.81. The Morgan fingerprint density at radius 3 is 2.59 bits per heavy atom. The van der Waals surface area contributed by atoms with Gasteiger partial charge in [-0.2, -0.15) is 0 Å². The maximum Gasteiger partial charge on any atom is 0.251 e. The Morgan fingerprint density at radius 2 is 1.79 bits per heavy atom. The second-order valence-corrected chi connectivity index (χ2v) is 13.0. The quantitative estimate of drug-likeness (QED) is 0.533. The molecule has 1 N–H and O–H groups in total. The zero-order valence-corrected chi connectivity index (χ0v) is 24.2. The molecule has 2 aromatic carbocycles. The Bertz CT molecular complexity index is 1190. The molecule has 2 bridgehead atoms. The number of amides is 1. The van der Waals surface area contributed by atoms with Crippen molar-refractivity contribution < 1.29 is 22.7 Å². The van der Waals surface area contributed by atoms with Gasteiger partial charge in [0.1, 0.15) is 12.4 Å². The average Bonchev–Trinajstić information content (AvgIpc) is 3.46. The summed E-state index contributed by atoms with van der Waals surface area (Å²) >= 11 is 0. The second-order valence-electron chi connectivity index (χ2n) is 10.9. The molecule has 0 unspecified atom stereocenters. The first-order valence-corrected chi connectivity index (χ1v) is 15.8. The van der Waals surface area contributed by atoms with Crippen LogP contribution in [0.15, 0.2) is 42.5 Å². The molecule has 2 heterocycles. The van der Waals surface area contributed by atoms with Gasteiger partial charge in [0.2, 0.25) is 10.0 Å². The number of carbonyl (C=O) groups is 1. The molecule has 0 aromatic heterocycles. The van der Waals surface area contributed by atoms with E-state index >= 15 is 0 Å². The lowest BCUT2D eigenvalue weighted by molar-refractivity contribution is 0.0764. The van der Waals surface area contributed by atoms with Crippen LogP contribution in [0.4, 0.5) is 0 Å². The molecule has 9 heteroatoms. The minimum absolute atomic E-state index is 0.0813. The molecule has 0 atom stereocenters. The molecule has 2 aliphatic heterocycles. The third kappa shape index (κ3) is 9.03. The molecular weight excluding hydrogens is 514 g/mol. The highest BCUT2D eigenvalue weighted by Gasteiger charge is 2.25. The van der Waals surface area contributed by atoms with E-state index in [0.717, 1.165) is 55.8 Å². The van der Waals surface area contributed by atoms with Gasteiger partial charge >= 0.3 is 0 Å². The van der Waals surface area contributed by atoms with Gasteiger partial charge in [-0.1, -0.05) is 38.1 Å². The molecule has 0 aliphatic carbocycles. The molecule has 1 amide bonds. The van der Waals surface area contributed by atoms with E-state index < -0.39 is 10.0 Å². The number of nitrogens with one attached hydrogen (secondary N) is 1. The minimum atomic E-state index is -3.34. The summed E-state index contributed by atoms with van der Waals surface area (Å²) in [7, 11) is -3.34. The molecule has 0 radical (unpaired) electrons. The van der Waals surface area contributed by atoms with Gasteiger partial charge in [-0.3, -0.25) is 9.69 Å². The minimum Gasteiger partial charge on any atom is -0.491 e. The molecule has 0 saturated carbocycles. The Kier molecular flexibility index (Phi) is 10.8. The van der Waals surface area contributed by atoms with Crippen LogP contribution >= 0.6 is 0 Å². The fraction of sp³-hybridized carbons (Fsp3) is 0.567. The third-order valence-electron chi connectivity index (χ3n) is 7.28. The van der Waals surface area contributed by atoms with Crippen LogP contribution in [0.2, 0.25) is 0 Å². The lowest BCUT2D eigenvalue weighted by Gasteiger charge is -2.24. The van der Waals surface area contributed by atoms with E-state index in [1.165, 1.54) is 9.87 Å². The van der Waals surface area contributed by atoms with E-state index in [-0.39, 0.29) is 18.2 Å². The fourth-order valence-corrected chi connectivity index (χ4v) is 6.46. The van der Waals surface area contributed by atoms with Gasteiger partial charge in [0.15, 0.2) is 0 Å². The maximum atomic E-state index is 12.9. The van der Waals surface area contributed by atoms with E-state index in [9.17, 15) is 13.2 Å². The van der Waals surface area contributed by atoms with Crippen molar-refractivity contribution in [3.05, 3.63) is 64.7 Å². The van der Waals surface area contributed by atoms with Crippen LogP contribution in [-0.2, 0) is 27.7 Å². The van der Waals surface area contributed by atoms with Crippen LogP contribution in [0.25, 0.3) is 0 Å². The van der Waals surface area contributed by atoms with Crippen LogP contribution in [0.3, 0.4) is 0 Å². The van der Waals surface area contributed by atoms with Gasteiger partial charge in [-0.05, 0) is 66.6 Å². The molecule has 214 valence electrons. The smallest absolute Gasteiger partial charge is 0.251 e. The summed E-state index contributed by atoms with van der Waals surface area (Å²) in [6, 6.07) is 14.0. The SMILES string of the molecule is CC(C)CCN1CCOCCOc2ccc(C(=O)NCCS(=O)(=O)N3CCCC3)cc2Cc2cccc(c2)C1. The maximum absolute atomic E-state index is 12.9. The Morgan fingerprint density at radius 1 is 1.00 bits per heavy atom. The van der Waals surface area contributed by atoms with E-state index in [0.29, 0.717) is 50.8 Å². The van der Waals surface area contributed by atoms with Gasteiger partial charge in [-0.15, -0.1) is 0 Å². The van der Waals surface area contributed by atoms with Crippen LogP contribution in [-0.4, -0.2) is 81.8 Å². The van der Waals surface area contributed by atoms with E-state index in [4.69, 9.17) is 9.47 Å². The van der Waals surface area contributed by atoms with Crippen molar-refractivity contribution in [1.29, 1.82) is 0 Å². The van der Waals surface area contributed by atoms with Crippen LogP contribution in [0.1, 0.15) is 60.2 Å². The second kappa shape index (κ2) is 14.3. The number of hydrogen-bond acceptors (Lipinski definition) is 6. The standard InChI is InChI=1S/C30H43N3O5S/c1-24(2)10-14-32-15-16-37-17-18-38-29-9-8-27(22-28(29)21-25-6-5-7-26(20-25)23-32)30(34)31-11-19-39(35,36)33-12-3-4-13-33/h5-9,20,22,24H,3-4,10-19,21,23H2,1-2H3,(H,31,34). The number of sulfonamides is 1. The summed E-state index contributed by atoms with van der Waals surface area (Å²) in [4.78, 5) is 15.4. The van der Waals surface area contributed by atoms with E-state index in [1.54, 1.807) is 6.07 Å². The normalized spacial score (nSPS) is 17.8. The summed E-state index contributed by atoms with van der Waals surface area (Å²) in [5, 5.41) is 2.79. The Balaban J connectivity index is 1.46. The van der Waals surface area contributed by atoms with Gasteiger partial charge < -0.3 is 14.8 Å². The van der Waals surface area contributed by atoms with Crippen molar-refractivity contribution in [1.82, 2.24) is 14.5 Å². The lowest BCUT2D eigenvalue weighted by Crippen LogP contribution is -2.36. The molecule has 1 fully saturated rings. The predicted octanol–water partition coefficient (Wildman–Crippen LogP) is 3.69. The molecule has 0 spiro atoms. The molecule has 2 aliphatic rings. The summed E-state index contributed by atoms with van der Waals surface area (Å²) in [5.74, 6) is 1.00. The number of rotatable bonds is 8. The van der Waals surface area contributed by atoms with Crippen molar-refractivity contribution in [2.75, 3.05) is 58.3 Å². The third-order valence-corrected chi connectivity index (χ3v) is 9.15. The largest absolute Gasteiger partial charge is 0.491 e. The van der Waals surface area contributed by atoms with Crippen molar-refractivity contribution in [3.8, 4) is 5.75 Å². The number of ether oxygens (including phenoxy) is 2. The lowest BCUT2D eigenvalue weighted by atomic mass is 9.99. The molecule has 1 saturated heterocycles. The van der Waals surface area contributed by atoms with Gasteiger partial charge in [0.25, 0.3) is 5.91 Å². The number of nitrogens with zero attached hydrogens (tertiary/aromatic N) is 2. The number of fused-ring (bicyclic) bond motifs is 3. The number of benzene rings is 2. The highest BCUT2D eigenvalue weighted by molar-refractivity contribution is 7.89. The topological polar surface area (TPSA) is 88.2 Å². The molecule has 2 aromatic rings. The molecule has 4 rings (SSSR count). The highest BCUT2D eigenvalue weighted by atomic mass is 32.2. The van der Waals surface area contributed by atoms with Gasteiger partial charge in [-0.25, -0.2) is 12.7 Å². The summed E-state index contributed by atoms with van der Waals surface area (Å²) < 4.78 is 38.4. The predicted molar refractivity (Wildman–Crippen MR) is 154 cm³/mol. The summed E-state index contributed by atoms with van der Waals surface area (Å²) in [6.45, 7) is 10.1. The Hall–Kier alpha value is -2.46. The van der Waals surface area contributed by atoms with E-state index in [2.05, 4.69) is 48.3 Å². The van der Waals surface area contributed by atoms with Gasteiger partial charge in [0, 0.05) is 44.7 Å². The Labute approximate surface area is 233 Å². The summed E-state index contributed by atoms with van der Waals surface area (Å²) in [6.07, 6.45) is 3.56. The molecule has 39 heavy (non-hydrogen) atoms. The van der Waals surface area contributed by atoms with E-state index in [1.807, 2.05) is 12.1 Å². The van der Waals surface area contributed by atoms with Crippen LogP contribution in [0, 0.1) is 5.92 Å². The van der Waals surface area contributed by atoms with Crippen molar-refractivity contribution in [2.24, 2.45) is 5.92 Å².